The van der Waals surface area contributed by atoms with Gasteiger partial charge < -0.3 is 4.74 Å². The Morgan fingerprint density at radius 1 is 1.05 bits per heavy atom. The molecular weight excluding hydrogens is 299 g/mol. The van der Waals surface area contributed by atoms with Crippen LogP contribution in [0.3, 0.4) is 0 Å². The minimum Gasteiger partial charge on any atom is -0.497 e. The molecule has 1 atom stereocenters. The molecule has 0 heterocycles. The Hall–Kier alpha value is -1.54. The number of hydrogen-bond donors (Lipinski definition) is 0. The fraction of sp³-hybridized carbons (Fsp3) is 0.368. The number of halogens is 2. The third kappa shape index (κ3) is 3.44. The van der Waals surface area contributed by atoms with Gasteiger partial charge in [0.15, 0.2) is 0 Å². The second kappa shape index (κ2) is 6.29. The van der Waals surface area contributed by atoms with E-state index in [0.717, 1.165) is 16.7 Å². The Morgan fingerprint density at radius 3 is 2.27 bits per heavy atom. The summed E-state index contributed by atoms with van der Waals surface area (Å²) in [5.41, 5.74) is 3.43. The SMILES string of the molecule is COc1ccc(F)c(-c2ccc(C(C)Cl)cc2C(C)(C)C)c1. The maximum absolute atomic E-state index is 14.3. The first-order valence-corrected chi connectivity index (χ1v) is 7.80. The summed E-state index contributed by atoms with van der Waals surface area (Å²) in [6.07, 6.45) is 0. The molecule has 0 saturated carbocycles. The predicted octanol–water partition coefficient (Wildman–Crippen LogP) is 6.10. The third-order valence-corrected chi connectivity index (χ3v) is 4.03. The minimum absolute atomic E-state index is 0.0784. The Morgan fingerprint density at radius 2 is 1.73 bits per heavy atom. The zero-order valence-electron chi connectivity index (χ0n) is 13.7. The lowest BCUT2D eigenvalue weighted by molar-refractivity contribution is 0.414. The number of alkyl halides is 1. The summed E-state index contributed by atoms with van der Waals surface area (Å²) >= 11 is 6.21. The Balaban J connectivity index is 2.70. The van der Waals surface area contributed by atoms with Crippen molar-refractivity contribution in [3.63, 3.8) is 0 Å². The third-order valence-electron chi connectivity index (χ3n) is 3.77. The van der Waals surface area contributed by atoms with Crippen LogP contribution in [0.1, 0.15) is 44.2 Å². The van der Waals surface area contributed by atoms with E-state index < -0.39 is 0 Å². The maximum Gasteiger partial charge on any atom is 0.131 e. The van der Waals surface area contributed by atoms with Crippen molar-refractivity contribution < 1.29 is 9.13 Å². The first-order valence-electron chi connectivity index (χ1n) is 7.36. The predicted molar refractivity (Wildman–Crippen MR) is 91.4 cm³/mol. The van der Waals surface area contributed by atoms with Gasteiger partial charge in [0.2, 0.25) is 0 Å². The van der Waals surface area contributed by atoms with Gasteiger partial charge in [-0.3, -0.25) is 0 Å². The average molecular weight is 321 g/mol. The van der Waals surface area contributed by atoms with Crippen molar-refractivity contribution in [2.75, 3.05) is 7.11 Å². The zero-order valence-corrected chi connectivity index (χ0v) is 14.5. The van der Waals surface area contributed by atoms with Crippen LogP contribution in [0.25, 0.3) is 11.1 Å². The topological polar surface area (TPSA) is 9.23 Å². The van der Waals surface area contributed by atoms with Gasteiger partial charge in [0.05, 0.1) is 12.5 Å². The van der Waals surface area contributed by atoms with Crippen molar-refractivity contribution in [2.45, 2.75) is 38.5 Å². The van der Waals surface area contributed by atoms with E-state index in [0.29, 0.717) is 11.3 Å². The molecule has 0 aliphatic rings. The first-order chi connectivity index (χ1) is 10.2. The van der Waals surface area contributed by atoms with Crippen molar-refractivity contribution in [1.82, 2.24) is 0 Å². The maximum atomic E-state index is 14.3. The highest BCUT2D eigenvalue weighted by molar-refractivity contribution is 6.20. The molecule has 0 fully saturated rings. The van der Waals surface area contributed by atoms with Crippen LogP contribution in [0, 0.1) is 5.82 Å². The molecule has 0 aromatic heterocycles. The molecule has 0 amide bonds. The number of ether oxygens (including phenoxy) is 1. The Bertz CT molecular complexity index is 672. The summed E-state index contributed by atoms with van der Waals surface area (Å²) in [5, 5.41) is -0.0784. The highest BCUT2D eigenvalue weighted by Crippen LogP contribution is 2.38. The molecular formula is C19H22ClFO. The molecule has 118 valence electrons. The van der Waals surface area contributed by atoms with Gasteiger partial charge in [-0.15, -0.1) is 11.6 Å². The lowest BCUT2D eigenvalue weighted by atomic mass is 9.80. The molecule has 0 aliphatic carbocycles. The number of hydrogen-bond acceptors (Lipinski definition) is 1. The molecule has 22 heavy (non-hydrogen) atoms. The van der Waals surface area contributed by atoms with Gasteiger partial charge in [-0.2, -0.15) is 0 Å². The van der Waals surface area contributed by atoms with E-state index >= 15 is 0 Å². The molecule has 0 aliphatic heterocycles. The fourth-order valence-electron chi connectivity index (χ4n) is 2.50. The van der Waals surface area contributed by atoms with Gasteiger partial charge in [-0.25, -0.2) is 4.39 Å². The van der Waals surface area contributed by atoms with Crippen molar-refractivity contribution >= 4 is 11.6 Å². The minimum atomic E-state index is -0.252. The molecule has 0 saturated heterocycles. The molecule has 0 spiro atoms. The molecule has 0 N–H and O–H groups in total. The van der Waals surface area contributed by atoms with Crippen LogP contribution in [-0.2, 0) is 5.41 Å². The second-order valence-corrected chi connectivity index (χ2v) is 7.17. The van der Waals surface area contributed by atoms with Crippen LogP contribution in [0.4, 0.5) is 4.39 Å². The van der Waals surface area contributed by atoms with Crippen LogP contribution in [0.2, 0.25) is 0 Å². The molecule has 2 aromatic rings. The largest absolute Gasteiger partial charge is 0.497 e. The van der Waals surface area contributed by atoms with Crippen LogP contribution < -0.4 is 4.74 Å². The summed E-state index contributed by atoms with van der Waals surface area (Å²) < 4.78 is 19.6. The normalized spacial score (nSPS) is 13.0. The summed E-state index contributed by atoms with van der Waals surface area (Å²) in [7, 11) is 1.58. The lowest BCUT2D eigenvalue weighted by Gasteiger charge is -2.25. The molecule has 0 bridgehead atoms. The fourth-order valence-corrected chi connectivity index (χ4v) is 2.64. The van der Waals surface area contributed by atoms with Gasteiger partial charge in [-0.1, -0.05) is 39.0 Å². The lowest BCUT2D eigenvalue weighted by Crippen LogP contribution is -2.14. The van der Waals surface area contributed by atoms with E-state index in [4.69, 9.17) is 16.3 Å². The second-order valence-electron chi connectivity index (χ2n) is 6.52. The first kappa shape index (κ1) is 16.8. The summed E-state index contributed by atoms with van der Waals surface area (Å²) in [4.78, 5) is 0. The van der Waals surface area contributed by atoms with Crippen molar-refractivity contribution in [3.05, 3.63) is 53.3 Å². The van der Waals surface area contributed by atoms with Crippen LogP contribution in [-0.4, -0.2) is 7.11 Å². The summed E-state index contributed by atoms with van der Waals surface area (Å²) in [5.74, 6) is 0.393. The quantitative estimate of drug-likeness (QED) is 0.621. The van der Waals surface area contributed by atoms with Crippen molar-refractivity contribution in [3.8, 4) is 16.9 Å². The van der Waals surface area contributed by atoms with Gasteiger partial charge >= 0.3 is 0 Å². The van der Waals surface area contributed by atoms with E-state index in [9.17, 15) is 4.39 Å². The highest BCUT2D eigenvalue weighted by Gasteiger charge is 2.22. The number of benzene rings is 2. The van der Waals surface area contributed by atoms with Gasteiger partial charge in [-0.05, 0) is 47.2 Å². The molecule has 0 radical (unpaired) electrons. The van der Waals surface area contributed by atoms with Crippen LogP contribution in [0.15, 0.2) is 36.4 Å². The van der Waals surface area contributed by atoms with Crippen LogP contribution >= 0.6 is 11.6 Å². The average Bonchev–Trinajstić information content (AvgIpc) is 2.46. The number of rotatable bonds is 3. The van der Waals surface area contributed by atoms with Gasteiger partial charge in [0.25, 0.3) is 0 Å². The highest BCUT2D eigenvalue weighted by atomic mass is 35.5. The summed E-state index contributed by atoms with van der Waals surface area (Å²) in [6, 6.07) is 10.8. The van der Waals surface area contributed by atoms with E-state index in [2.05, 4.69) is 26.8 Å². The van der Waals surface area contributed by atoms with E-state index in [-0.39, 0.29) is 16.6 Å². The molecule has 1 nitrogen and oxygen atoms in total. The molecule has 2 rings (SSSR count). The van der Waals surface area contributed by atoms with E-state index in [1.54, 1.807) is 19.2 Å². The number of methoxy groups -OCH3 is 1. The zero-order chi connectivity index (χ0) is 16.5. The smallest absolute Gasteiger partial charge is 0.131 e. The Labute approximate surface area is 137 Å². The summed E-state index contributed by atoms with van der Waals surface area (Å²) in [6.45, 7) is 8.29. The van der Waals surface area contributed by atoms with Crippen LogP contribution in [0.5, 0.6) is 5.75 Å². The van der Waals surface area contributed by atoms with Crippen molar-refractivity contribution in [1.29, 1.82) is 0 Å². The van der Waals surface area contributed by atoms with Crippen molar-refractivity contribution in [2.24, 2.45) is 0 Å². The van der Waals surface area contributed by atoms with Gasteiger partial charge in [0, 0.05) is 5.56 Å². The Kier molecular flexibility index (Phi) is 4.81. The van der Waals surface area contributed by atoms with Gasteiger partial charge in [0.1, 0.15) is 11.6 Å². The van der Waals surface area contributed by atoms with E-state index in [1.165, 1.54) is 6.07 Å². The molecule has 1 unspecified atom stereocenters. The molecule has 3 heteroatoms. The monoisotopic (exact) mass is 320 g/mol. The standard InChI is InChI=1S/C19H22ClFO/c1-12(20)13-6-8-15(17(10-13)19(2,3)4)16-11-14(22-5)7-9-18(16)21/h6-12H,1-5H3. The molecule has 2 aromatic carbocycles. The van der Waals surface area contributed by atoms with E-state index in [1.807, 2.05) is 19.1 Å².